The van der Waals surface area contributed by atoms with E-state index >= 15 is 0 Å². The van der Waals surface area contributed by atoms with Crippen molar-refractivity contribution in [3.8, 4) is 0 Å². The van der Waals surface area contributed by atoms with Crippen molar-refractivity contribution in [1.82, 2.24) is 25.6 Å². The molecule has 19 heavy (non-hydrogen) atoms. The summed E-state index contributed by atoms with van der Waals surface area (Å²) in [6, 6.07) is 0. The number of likely N-dealkylation sites (N-methyl/N-ethyl adjacent to an activating group) is 1. The average molecular weight is 267 g/mol. The second kappa shape index (κ2) is 8.63. The van der Waals surface area contributed by atoms with Gasteiger partial charge in [0.15, 0.2) is 0 Å². The van der Waals surface area contributed by atoms with Crippen molar-refractivity contribution in [1.29, 1.82) is 0 Å². The Morgan fingerprint density at radius 1 is 1.42 bits per heavy atom. The third-order valence-corrected chi connectivity index (χ3v) is 2.78. The van der Waals surface area contributed by atoms with Crippen molar-refractivity contribution in [3.05, 3.63) is 11.9 Å². The van der Waals surface area contributed by atoms with Crippen LogP contribution in [0.25, 0.3) is 0 Å². The topological polar surface area (TPSA) is 71.8 Å². The molecule has 0 aliphatic heterocycles. The molecule has 0 radical (unpaired) electrons. The fraction of sp³-hybridized carbons (Fsp3) is 0.769. The van der Waals surface area contributed by atoms with Crippen molar-refractivity contribution in [2.24, 2.45) is 5.92 Å². The number of carbonyl (C=O) groups is 1. The zero-order valence-electron chi connectivity index (χ0n) is 12.1. The molecule has 0 unspecified atom stereocenters. The number of rotatable bonds is 9. The van der Waals surface area contributed by atoms with Gasteiger partial charge in [0.2, 0.25) is 5.91 Å². The van der Waals surface area contributed by atoms with Crippen LogP contribution in [-0.2, 0) is 17.8 Å². The molecule has 0 aliphatic rings. The minimum absolute atomic E-state index is 0.0454. The molecule has 0 aromatic carbocycles. The van der Waals surface area contributed by atoms with E-state index < -0.39 is 0 Å². The quantitative estimate of drug-likeness (QED) is 0.642. The standard InChI is InChI=1S/C13H25N5O/c1-4-14-8-6-12-10-18(17-16-12)9-5-7-15-13(19)11(2)3/h10-11,14H,4-9H2,1-3H3,(H,15,19). The van der Waals surface area contributed by atoms with E-state index in [0.29, 0.717) is 6.54 Å². The molecule has 0 atom stereocenters. The molecule has 0 aliphatic carbocycles. The molecular formula is C13H25N5O. The van der Waals surface area contributed by atoms with Crippen LogP contribution in [0, 0.1) is 5.92 Å². The van der Waals surface area contributed by atoms with Gasteiger partial charge in [-0.1, -0.05) is 26.0 Å². The summed E-state index contributed by atoms with van der Waals surface area (Å²) in [5.74, 6) is 0.147. The van der Waals surface area contributed by atoms with Gasteiger partial charge in [-0.2, -0.15) is 0 Å². The Labute approximate surface area is 115 Å². The molecule has 0 fully saturated rings. The first-order valence-corrected chi connectivity index (χ1v) is 7.01. The summed E-state index contributed by atoms with van der Waals surface area (Å²) >= 11 is 0. The Kier molecular flexibility index (Phi) is 7.10. The van der Waals surface area contributed by atoms with Gasteiger partial charge < -0.3 is 10.6 Å². The summed E-state index contributed by atoms with van der Waals surface area (Å²) < 4.78 is 1.84. The van der Waals surface area contributed by atoms with Crippen molar-refractivity contribution < 1.29 is 4.79 Å². The molecule has 1 rings (SSSR count). The number of nitrogens with zero attached hydrogens (tertiary/aromatic N) is 3. The molecule has 0 saturated heterocycles. The Morgan fingerprint density at radius 3 is 2.89 bits per heavy atom. The van der Waals surface area contributed by atoms with E-state index in [1.165, 1.54) is 0 Å². The molecule has 0 bridgehead atoms. The van der Waals surface area contributed by atoms with Crippen LogP contribution in [0.1, 0.15) is 32.9 Å². The van der Waals surface area contributed by atoms with Gasteiger partial charge in [0.05, 0.1) is 5.69 Å². The van der Waals surface area contributed by atoms with Gasteiger partial charge in [-0.05, 0) is 13.0 Å². The summed E-state index contributed by atoms with van der Waals surface area (Å²) in [5, 5.41) is 14.3. The smallest absolute Gasteiger partial charge is 0.222 e. The van der Waals surface area contributed by atoms with Crippen molar-refractivity contribution in [3.63, 3.8) is 0 Å². The average Bonchev–Trinajstić information content (AvgIpc) is 2.82. The molecule has 1 aromatic heterocycles. The molecule has 6 nitrogen and oxygen atoms in total. The first kappa shape index (κ1) is 15.6. The minimum Gasteiger partial charge on any atom is -0.356 e. The molecule has 0 spiro atoms. The van der Waals surface area contributed by atoms with Crippen molar-refractivity contribution >= 4 is 5.91 Å². The van der Waals surface area contributed by atoms with Gasteiger partial charge in [-0.25, -0.2) is 0 Å². The Hall–Kier alpha value is -1.43. The third kappa shape index (κ3) is 6.33. The fourth-order valence-electron chi connectivity index (χ4n) is 1.61. The molecule has 1 heterocycles. The molecule has 108 valence electrons. The minimum atomic E-state index is 0.0454. The number of aryl methyl sites for hydroxylation is 1. The number of aromatic nitrogens is 3. The highest BCUT2D eigenvalue weighted by molar-refractivity contribution is 5.77. The largest absolute Gasteiger partial charge is 0.356 e. The molecule has 1 aromatic rings. The maximum Gasteiger partial charge on any atom is 0.222 e. The van der Waals surface area contributed by atoms with Crippen LogP contribution in [0.4, 0.5) is 0 Å². The third-order valence-electron chi connectivity index (χ3n) is 2.78. The van der Waals surface area contributed by atoms with Gasteiger partial charge >= 0.3 is 0 Å². The van der Waals surface area contributed by atoms with Gasteiger partial charge in [-0.3, -0.25) is 9.48 Å². The first-order chi connectivity index (χ1) is 9.13. The van der Waals surface area contributed by atoms with Gasteiger partial charge in [0, 0.05) is 38.2 Å². The maximum absolute atomic E-state index is 11.4. The van der Waals surface area contributed by atoms with E-state index in [4.69, 9.17) is 0 Å². The lowest BCUT2D eigenvalue weighted by Crippen LogP contribution is -2.29. The summed E-state index contributed by atoms with van der Waals surface area (Å²) in [6.07, 6.45) is 3.74. The van der Waals surface area contributed by atoms with Crippen LogP contribution in [0.2, 0.25) is 0 Å². The summed E-state index contributed by atoms with van der Waals surface area (Å²) in [7, 11) is 0. The van der Waals surface area contributed by atoms with Crippen molar-refractivity contribution in [2.75, 3.05) is 19.6 Å². The molecular weight excluding hydrogens is 242 g/mol. The van der Waals surface area contributed by atoms with E-state index in [-0.39, 0.29) is 11.8 Å². The van der Waals surface area contributed by atoms with Gasteiger partial charge in [-0.15, -0.1) is 5.10 Å². The highest BCUT2D eigenvalue weighted by Crippen LogP contribution is 1.96. The van der Waals surface area contributed by atoms with E-state index in [0.717, 1.165) is 38.2 Å². The summed E-state index contributed by atoms with van der Waals surface area (Å²) in [6.45, 7) is 9.24. The lowest BCUT2D eigenvalue weighted by Gasteiger charge is -2.06. The van der Waals surface area contributed by atoms with E-state index in [9.17, 15) is 4.79 Å². The van der Waals surface area contributed by atoms with Crippen LogP contribution in [0.15, 0.2) is 6.20 Å². The van der Waals surface area contributed by atoms with Crippen LogP contribution in [0.5, 0.6) is 0 Å². The Bertz CT molecular complexity index is 375. The fourth-order valence-corrected chi connectivity index (χ4v) is 1.61. The second-order valence-corrected chi connectivity index (χ2v) is 4.88. The number of nitrogens with one attached hydrogen (secondary N) is 2. The monoisotopic (exact) mass is 267 g/mol. The number of carbonyl (C=O) groups excluding carboxylic acids is 1. The highest BCUT2D eigenvalue weighted by Gasteiger charge is 2.05. The predicted octanol–water partition coefficient (Wildman–Crippen LogP) is 0.592. The number of hydrogen-bond donors (Lipinski definition) is 2. The van der Waals surface area contributed by atoms with E-state index in [1.54, 1.807) is 0 Å². The number of amides is 1. The van der Waals surface area contributed by atoms with Crippen LogP contribution in [-0.4, -0.2) is 40.5 Å². The normalized spacial score (nSPS) is 10.9. The lowest BCUT2D eigenvalue weighted by molar-refractivity contribution is -0.123. The first-order valence-electron chi connectivity index (χ1n) is 7.01. The van der Waals surface area contributed by atoms with Gasteiger partial charge in [0.1, 0.15) is 0 Å². The second-order valence-electron chi connectivity index (χ2n) is 4.88. The molecule has 1 amide bonds. The van der Waals surface area contributed by atoms with E-state index in [1.807, 2.05) is 24.7 Å². The zero-order chi connectivity index (χ0) is 14.1. The van der Waals surface area contributed by atoms with Crippen molar-refractivity contribution in [2.45, 2.75) is 40.2 Å². The van der Waals surface area contributed by atoms with Crippen LogP contribution >= 0.6 is 0 Å². The van der Waals surface area contributed by atoms with E-state index in [2.05, 4.69) is 27.9 Å². The Balaban J connectivity index is 2.17. The van der Waals surface area contributed by atoms with Gasteiger partial charge in [0.25, 0.3) is 0 Å². The lowest BCUT2D eigenvalue weighted by atomic mass is 10.2. The maximum atomic E-state index is 11.4. The SMILES string of the molecule is CCNCCc1cn(CCCNC(=O)C(C)C)nn1. The summed E-state index contributed by atoms with van der Waals surface area (Å²) in [4.78, 5) is 11.4. The zero-order valence-corrected chi connectivity index (χ0v) is 12.1. The Morgan fingerprint density at radius 2 is 2.21 bits per heavy atom. The molecule has 2 N–H and O–H groups in total. The molecule has 0 saturated carbocycles. The van der Waals surface area contributed by atoms with Crippen LogP contribution < -0.4 is 10.6 Å². The summed E-state index contributed by atoms with van der Waals surface area (Å²) in [5.41, 5.74) is 1.01. The van der Waals surface area contributed by atoms with Crippen LogP contribution in [0.3, 0.4) is 0 Å². The number of hydrogen-bond acceptors (Lipinski definition) is 4. The molecule has 6 heteroatoms. The highest BCUT2D eigenvalue weighted by atomic mass is 16.1. The predicted molar refractivity (Wildman–Crippen MR) is 74.7 cm³/mol.